The van der Waals surface area contributed by atoms with E-state index < -0.39 is 23.6 Å². The minimum absolute atomic E-state index is 0.0411. The average Bonchev–Trinajstić information content (AvgIpc) is 3.39. The van der Waals surface area contributed by atoms with Crippen molar-refractivity contribution in [2.75, 3.05) is 25.1 Å². The van der Waals surface area contributed by atoms with Gasteiger partial charge in [-0.3, -0.25) is 19.2 Å². The molecule has 12 heteroatoms. The lowest BCUT2D eigenvalue weighted by Gasteiger charge is -2.28. The lowest BCUT2D eigenvalue weighted by Crippen LogP contribution is -2.49. The van der Waals surface area contributed by atoms with Gasteiger partial charge in [0.25, 0.3) is 11.5 Å². The van der Waals surface area contributed by atoms with Crippen LogP contribution in [0, 0.1) is 12.8 Å². The predicted molar refractivity (Wildman–Crippen MR) is 163 cm³/mol. The molecule has 0 unspecified atom stereocenters. The van der Waals surface area contributed by atoms with E-state index in [4.69, 9.17) is 10.1 Å². The van der Waals surface area contributed by atoms with Gasteiger partial charge in [-0.05, 0) is 49.8 Å². The van der Waals surface area contributed by atoms with Crippen molar-refractivity contribution in [1.29, 1.82) is 0 Å². The number of carbonyl (C=O) groups is 3. The highest BCUT2D eigenvalue weighted by atomic mass is 32.2. The molecule has 0 radical (unpaired) electrons. The number of pyridine rings is 1. The van der Waals surface area contributed by atoms with Gasteiger partial charge in [-0.1, -0.05) is 44.2 Å². The van der Waals surface area contributed by atoms with E-state index in [0.717, 1.165) is 5.56 Å². The summed E-state index contributed by atoms with van der Waals surface area (Å²) in [5.41, 5.74) is 1.07. The molecule has 224 valence electrons. The van der Waals surface area contributed by atoms with E-state index in [1.54, 1.807) is 34.3 Å². The Bertz CT molecular complexity index is 1450. The summed E-state index contributed by atoms with van der Waals surface area (Å²) >= 11 is 1.60. The van der Waals surface area contributed by atoms with Gasteiger partial charge in [-0.15, -0.1) is 0 Å². The summed E-state index contributed by atoms with van der Waals surface area (Å²) in [5.74, 6) is 0.782. The summed E-state index contributed by atoms with van der Waals surface area (Å²) in [6.07, 6.45) is 2.94. The van der Waals surface area contributed by atoms with Gasteiger partial charge in [0.15, 0.2) is 11.6 Å². The van der Waals surface area contributed by atoms with Gasteiger partial charge >= 0.3 is 0 Å². The molecular formula is C30H39N7O4S. The van der Waals surface area contributed by atoms with E-state index in [0.29, 0.717) is 35.9 Å². The molecule has 0 spiro atoms. The minimum Gasteiger partial charge on any atom is -0.344 e. The highest BCUT2D eigenvalue weighted by Crippen LogP contribution is 2.25. The molecule has 0 saturated heterocycles. The summed E-state index contributed by atoms with van der Waals surface area (Å²) in [6, 6.07) is 11.6. The number of aromatic nitrogens is 4. The molecule has 4 rings (SSSR count). The molecule has 1 aromatic carbocycles. The van der Waals surface area contributed by atoms with Crippen LogP contribution >= 0.6 is 11.8 Å². The number of nitrogens with zero attached hydrogens (tertiary/aromatic N) is 4. The summed E-state index contributed by atoms with van der Waals surface area (Å²) in [6.45, 7) is 6.50. The van der Waals surface area contributed by atoms with E-state index in [2.05, 4.69) is 15.6 Å². The second kappa shape index (κ2) is 14.3. The standard InChI is InChI=1S/C30H39N7O4S/c1-19(2)25-27-34-26(21-9-6-5-7-10-21)35-37(27)17-16-36(30(41)22-13-12-20(3)31-28(22)39)15-8-11-24(38)32-23(14-18-42-4)29(40)33-25/h5-7,9-10,12-13,19,23,25H,8,11,14-18H2,1-4H3,(H,31,39)(H,32,38)(H,33,40)/t23-,25+/m0/s1. The largest absolute Gasteiger partial charge is 0.344 e. The quantitative estimate of drug-likeness (QED) is 0.399. The first kappa shape index (κ1) is 31.0. The number of aryl methyl sites for hydroxylation is 1. The molecule has 0 fully saturated rings. The smallest absolute Gasteiger partial charge is 0.260 e. The van der Waals surface area contributed by atoms with E-state index >= 15 is 0 Å². The second-order valence-electron chi connectivity index (χ2n) is 10.8. The van der Waals surface area contributed by atoms with Gasteiger partial charge in [0, 0.05) is 30.8 Å². The Morgan fingerprint density at radius 2 is 1.81 bits per heavy atom. The van der Waals surface area contributed by atoms with Gasteiger partial charge in [-0.2, -0.15) is 16.9 Å². The van der Waals surface area contributed by atoms with Crippen LogP contribution in [0.5, 0.6) is 0 Å². The van der Waals surface area contributed by atoms with Crippen molar-refractivity contribution in [2.24, 2.45) is 5.92 Å². The van der Waals surface area contributed by atoms with Gasteiger partial charge in [-0.25, -0.2) is 9.67 Å². The fourth-order valence-electron chi connectivity index (χ4n) is 4.88. The first-order chi connectivity index (χ1) is 20.2. The van der Waals surface area contributed by atoms with Crippen LogP contribution in [0.2, 0.25) is 0 Å². The Hall–Kier alpha value is -3.93. The van der Waals surface area contributed by atoms with Gasteiger partial charge in [0.1, 0.15) is 11.6 Å². The Balaban J connectivity index is 1.75. The highest BCUT2D eigenvalue weighted by molar-refractivity contribution is 7.98. The van der Waals surface area contributed by atoms with Crippen LogP contribution in [0.15, 0.2) is 47.3 Å². The predicted octanol–water partition coefficient (Wildman–Crippen LogP) is 2.93. The fraction of sp³-hybridized carbons (Fsp3) is 0.467. The highest BCUT2D eigenvalue weighted by Gasteiger charge is 2.30. The lowest BCUT2D eigenvalue weighted by molar-refractivity contribution is -0.129. The first-order valence-corrected chi connectivity index (χ1v) is 15.6. The van der Waals surface area contributed by atoms with Crippen LogP contribution in [0.1, 0.15) is 61.0 Å². The van der Waals surface area contributed by atoms with Crippen LogP contribution in [-0.2, 0) is 16.1 Å². The number of hydrogen-bond acceptors (Lipinski definition) is 7. The van der Waals surface area contributed by atoms with Crippen LogP contribution in [0.25, 0.3) is 11.4 Å². The molecule has 1 aliphatic heterocycles. The van der Waals surface area contributed by atoms with Gasteiger partial charge < -0.3 is 20.5 Å². The van der Waals surface area contributed by atoms with Crippen LogP contribution in [0.4, 0.5) is 0 Å². The summed E-state index contributed by atoms with van der Waals surface area (Å²) in [5, 5.41) is 10.8. The third kappa shape index (κ3) is 7.67. The molecule has 0 bridgehead atoms. The zero-order valence-corrected chi connectivity index (χ0v) is 25.4. The molecule has 0 aliphatic carbocycles. The van der Waals surface area contributed by atoms with E-state index in [1.807, 2.05) is 50.4 Å². The van der Waals surface area contributed by atoms with E-state index in [1.165, 1.54) is 6.07 Å². The van der Waals surface area contributed by atoms with Crippen LogP contribution < -0.4 is 16.2 Å². The van der Waals surface area contributed by atoms with Gasteiger partial charge in [0.2, 0.25) is 11.8 Å². The number of thioether (sulfide) groups is 1. The molecule has 3 heterocycles. The summed E-state index contributed by atoms with van der Waals surface area (Å²) in [4.78, 5) is 61.8. The Labute approximate surface area is 249 Å². The number of amides is 3. The number of fused-ring (bicyclic) bond motifs is 1. The van der Waals surface area contributed by atoms with Crippen molar-refractivity contribution in [3.63, 3.8) is 0 Å². The molecule has 2 aromatic heterocycles. The lowest BCUT2D eigenvalue weighted by atomic mass is 10.0. The number of hydrogen-bond donors (Lipinski definition) is 3. The van der Waals surface area contributed by atoms with Crippen molar-refractivity contribution in [2.45, 2.75) is 58.7 Å². The molecule has 3 aromatic rings. The maximum Gasteiger partial charge on any atom is 0.260 e. The molecule has 0 saturated carbocycles. The molecule has 1 aliphatic rings. The molecule has 2 atom stereocenters. The Kier molecular flexibility index (Phi) is 10.6. The second-order valence-corrected chi connectivity index (χ2v) is 11.8. The minimum atomic E-state index is -0.706. The topological polar surface area (TPSA) is 142 Å². The third-order valence-electron chi connectivity index (χ3n) is 7.22. The average molecular weight is 594 g/mol. The zero-order valence-electron chi connectivity index (χ0n) is 24.6. The molecular weight excluding hydrogens is 554 g/mol. The summed E-state index contributed by atoms with van der Waals surface area (Å²) in [7, 11) is 0. The van der Waals surface area contributed by atoms with Crippen molar-refractivity contribution < 1.29 is 14.4 Å². The molecule has 11 nitrogen and oxygen atoms in total. The van der Waals surface area contributed by atoms with Crippen molar-refractivity contribution in [1.82, 2.24) is 35.3 Å². The normalized spacial score (nSPS) is 18.6. The number of aromatic amines is 1. The van der Waals surface area contributed by atoms with Crippen LogP contribution in [0.3, 0.4) is 0 Å². The summed E-state index contributed by atoms with van der Waals surface area (Å²) < 4.78 is 1.74. The Morgan fingerprint density at radius 1 is 1.05 bits per heavy atom. The maximum absolute atomic E-state index is 13.6. The fourth-order valence-corrected chi connectivity index (χ4v) is 5.36. The number of rotatable bonds is 6. The van der Waals surface area contributed by atoms with Crippen molar-refractivity contribution >= 4 is 29.5 Å². The van der Waals surface area contributed by atoms with Crippen molar-refractivity contribution in [3.8, 4) is 11.4 Å². The number of carbonyl (C=O) groups excluding carboxylic acids is 3. The number of benzene rings is 1. The molecule has 3 amide bonds. The maximum atomic E-state index is 13.6. The molecule has 3 N–H and O–H groups in total. The monoisotopic (exact) mass is 593 g/mol. The first-order valence-electron chi connectivity index (χ1n) is 14.3. The molecule has 42 heavy (non-hydrogen) atoms. The van der Waals surface area contributed by atoms with E-state index in [9.17, 15) is 19.2 Å². The van der Waals surface area contributed by atoms with Crippen LogP contribution in [-0.4, -0.2) is 73.5 Å². The number of nitrogens with one attached hydrogen (secondary N) is 3. The SMILES string of the molecule is CSCC[C@@H]1NC(=O)CCCN(C(=O)c2ccc(C)[nH]c2=O)CCn2nc(-c3ccccc3)nc2[C@@H](C(C)C)NC1=O. The van der Waals surface area contributed by atoms with Gasteiger partial charge in [0.05, 0.1) is 12.6 Å². The third-order valence-corrected chi connectivity index (χ3v) is 7.87. The van der Waals surface area contributed by atoms with E-state index in [-0.39, 0.29) is 49.4 Å². The Morgan fingerprint density at radius 3 is 2.50 bits per heavy atom. The zero-order chi connectivity index (χ0) is 30.2. The van der Waals surface area contributed by atoms with Crippen molar-refractivity contribution in [3.05, 3.63) is 69.9 Å². The number of H-pyrrole nitrogens is 1.